The molecule has 0 aliphatic rings. The number of hydrazine groups is 1. The van der Waals surface area contributed by atoms with Crippen molar-refractivity contribution >= 4 is 15.9 Å². The molecule has 0 saturated heterocycles. The Bertz CT molecular complexity index is 375. The molecule has 1 aromatic heterocycles. The maximum atomic E-state index is 5.71. The molecule has 4 nitrogen and oxygen atoms in total. The number of hydrogen-bond acceptors (Lipinski definition) is 3. The van der Waals surface area contributed by atoms with Crippen LogP contribution in [0.2, 0.25) is 0 Å². The Balaban J connectivity index is 2.87. The van der Waals surface area contributed by atoms with Gasteiger partial charge in [-0.15, -0.1) is 0 Å². The van der Waals surface area contributed by atoms with E-state index in [9.17, 15) is 0 Å². The van der Waals surface area contributed by atoms with Crippen molar-refractivity contribution in [2.24, 2.45) is 11.8 Å². The molecular weight excluding hydrogens is 292 g/mol. The minimum atomic E-state index is 0.294. The van der Waals surface area contributed by atoms with Crippen molar-refractivity contribution in [3.8, 4) is 0 Å². The van der Waals surface area contributed by atoms with E-state index in [2.05, 4.69) is 51.9 Å². The molecule has 0 fully saturated rings. The van der Waals surface area contributed by atoms with Crippen LogP contribution in [0.5, 0.6) is 0 Å². The molecule has 1 aromatic rings. The summed E-state index contributed by atoms with van der Waals surface area (Å²) in [5.41, 5.74) is 5.24. The monoisotopic (exact) mass is 316 g/mol. The van der Waals surface area contributed by atoms with E-state index in [1.165, 1.54) is 18.5 Å². The van der Waals surface area contributed by atoms with E-state index >= 15 is 0 Å². The van der Waals surface area contributed by atoms with Crippen LogP contribution < -0.4 is 11.3 Å². The number of nitrogens with zero attached hydrogens (tertiary/aromatic N) is 2. The van der Waals surface area contributed by atoms with Crippen LogP contribution in [0, 0.1) is 12.8 Å². The standard InChI is InChI=1S/C13H25BrN4/c1-5-7-9(3)11(16-15)8-12-13(14)10(4)17-18(12)6-2/h9,11,16H,5-8,15H2,1-4H3. The number of hydrogen-bond donors (Lipinski definition) is 2. The average Bonchev–Trinajstić information content (AvgIpc) is 2.62. The molecule has 0 amide bonds. The van der Waals surface area contributed by atoms with Crippen molar-refractivity contribution < 1.29 is 0 Å². The molecule has 0 bridgehead atoms. The van der Waals surface area contributed by atoms with Crippen LogP contribution in [0.15, 0.2) is 4.47 Å². The zero-order chi connectivity index (χ0) is 13.7. The van der Waals surface area contributed by atoms with E-state index in [1.54, 1.807) is 0 Å². The number of aromatic nitrogens is 2. The lowest BCUT2D eigenvalue weighted by Gasteiger charge is -2.23. The van der Waals surface area contributed by atoms with Gasteiger partial charge in [-0.3, -0.25) is 16.0 Å². The Morgan fingerprint density at radius 2 is 2.11 bits per heavy atom. The van der Waals surface area contributed by atoms with Gasteiger partial charge in [-0.2, -0.15) is 5.10 Å². The quantitative estimate of drug-likeness (QED) is 0.600. The number of aryl methyl sites for hydroxylation is 2. The van der Waals surface area contributed by atoms with E-state index < -0.39 is 0 Å². The highest BCUT2D eigenvalue weighted by Crippen LogP contribution is 2.24. The van der Waals surface area contributed by atoms with Crippen LogP contribution in [0.1, 0.15) is 45.0 Å². The van der Waals surface area contributed by atoms with Gasteiger partial charge in [0.15, 0.2) is 0 Å². The third-order valence-electron chi connectivity index (χ3n) is 3.51. The molecule has 2 unspecified atom stereocenters. The second-order valence-corrected chi connectivity index (χ2v) is 5.70. The first-order chi connectivity index (χ1) is 8.54. The first kappa shape index (κ1) is 15.7. The lowest BCUT2D eigenvalue weighted by atomic mass is 9.93. The molecule has 3 N–H and O–H groups in total. The molecular formula is C13H25BrN4. The highest BCUT2D eigenvalue weighted by atomic mass is 79.9. The van der Waals surface area contributed by atoms with Gasteiger partial charge in [-0.05, 0) is 42.1 Å². The van der Waals surface area contributed by atoms with E-state index in [4.69, 9.17) is 5.84 Å². The Hall–Kier alpha value is -0.390. The van der Waals surface area contributed by atoms with Crippen LogP contribution >= 0.6 is 15.9 Å². The molecule has 0 aliphatic heterocycles. The lowest BCUT2D eigenvalue weighted by molar-refractivity contribution is 0.349. The maximum Gasteiger partial charge on any atom is 0.0738 e. The molecule has 5 heteroatoms. The summed E-state index contributed by atoms with van der Waals surface area (Å²) in [6, 6.07) is 0.294. The van der Waals surface area contributed by atoms with Crippen molar-refractivity contribution in [2.45, 2.75) is 59.5 Å². The van der Waals surface area contributed by atoms with Gasteiger partial charge in [0.1, 0.15) is 0 Å². The van der Waals surface area contributed by atoms with Crippen LogP contribution in [-0.4, -0.2) is 15.8 Å². The summed E-state index contributed by atoms with van der Waals surface area (Å²) in [4.78, 5) is 0. The van der Waals surface area contributed by atoms with Gasteiger partial charge in [-0.1, -0.05) is 20.3 Å². The number of rotatable bonds is 7. The number of halogens is 1. The third-order valence-corrected chi connectivity index (χ3v) is 4.54. The van der Waals surface area contributed by atoms with E-state index in [-0.39, 0.29) is 0 Å². The smallest absolute Gasteiger partial charge is 0.0738 e. The summed E-state index contributed by atoms with van der Waals surface area (Å²) in [5, 5.41) is 4.52. The molecule has 0 aromatic carbocycles. The van der Waals surface area contributed by atoms with Gasteiger partial charge in [0.05, 0.1) is 15.9 Å². The molecule has 2 atom stereocenters. The van der Waals surface area contributed by atoms with Gasteiger partial charge in [0.2, 0.25) is 0 Å². The highest BCUT2D eigenvalue weighted by Gasteiger charge is 2.20. The second kappa shape index (κ2) is 7.26. The first-order valence-corrected chi connectivity index (χ1v) is 7.52. The summed E-state index contributed by atoms with van der Waals surface area (Å²) in [6.45, 7) is 9.49. The fraction of sp³-hybridized carbons (Fsp3) is 0.769. The molecule has 0 aliphatic carbocycles. The van der Waals surface area contributed by atoms with Crippen LogP contribution in [0.25, 0.3) is 0 Å². The van der Waals surface area contributed by atoms with Crippen LogP contribution in [0.4, 0.5) is 0 Å². The van der Waals surface area contributed by atoms with E-state index in [0.717, 1.165) is 23.1 Å². The lowest BCUT2D eigenvalue weighted by Crippen LogP contribution is -2.42. The first-order valence-electron chi connectivity index (χ1n) is 6.72. The molecule has 0 saturated carbocycles. The van der Waals surface area contributed by atoms with Gasteiger partial charge >= 0.3 is 0 Å². The fourth-order valence-corrected chi connectivity index (χ4v) is 2.80. The van der Waals surface area contributed by atoms with Gasteiger partial charge in [0, 0.05) is 19.0 Å². The SMILES string of the molecule is CCCC(C)C(Cc1c(Br)c(C)nn1CC)NN. The molecule has 0 spiro atoms. The summed E-state index contributed by atoms with van der Waals surface area (Å²) in [6.07, 6.45) is 3.28. The Kier molecular flexibility index (Phi) is 6.32. The largest absolute Gasteiger partial charge is 0.271 e. The van der Waals surface area contributed by atoms with Gasteiger partial charge in [0.25, 0.3) is 0 Å². The molecule has 0 radical (unpaired) electrons. The van der Waals surface area contributed by atoms with Crippen molar-refractivity contribution in [3.63, 3.8) is 0 Å². The third kappa shape index (κ3) is 3.56. The predicted molar refractivity (Wildman–Crippen MR) is 79.2 cm³/mol. The molecule has 18 heavy (non-hydrogen) atoms. The summed E-state index contributed by atoms with van der Waals surface area (Å²) < 4.78 is 3.18. The summed E-state index contributed by atoms with van der Waals surface area (Å²) in [7, 11) is 0. The van der Waals surface area contributed by atoms with Crippen molar-refractivity contribution in [1.82, 2.24) is 15.2 Å². The summed E-state index contributed by atoms with van der Waals surface area (Å²) in [5.74, 6) is 6.27. The maximum absolute atomic E-state index is 5.71. The predicted octanol–water partition coefficient (Wildman–Crippen LogP) is 2.78. The normalized spacial score (nSPS) is 14.8. The minimum Gasteiger partial charge on any atom is -0.271 e. The minimum absolute atomic E-state index is 0.294. The van der Waals surface area contributed by atoms with Crippen molar-refractivity contribution in [3.05, 3.63) is 15.9 Å². The van der Waals surface area contributed by atoms with Crippen LogP contribution in [-0.2, 0) is 13.0 Å². The van der Waals surface area contributed by atoms with Gasteiger partial charge < -0.3 is 0 Å². The average molecular weight is 317 g/mol. The Morgan fingerprint density at radius 1 is 1.44 bits per heavy atom. The number of nitrogens with two attached hydrogens (primary N) is 1. The second-order valence-electron chi connectivity index (χ2n) is 4.91. The van der Waals surface area contributed by atoms with Gasteiger partial charge in [-0.25, -0.2) is 0 Å². The molecule has 1 rings (SSSR count). The molecule has 1 heterocycles. The summed E-state index contributed by atoms with van der Waals surface area (Å²) >= 11 is 3.64. The van der Waals surface area contributed by atoms with Crippen LogP contribution in [0.3, 0.4) is 0 Å². The number of nitrogens with one attached hydrogen (secondary N) is 1. The van der Waals surface area contributed by atoms with Crippen molar-refractivity contribution in [1.29, 1.82) is 0 Å². The highest BCUT2D eigenvalue weighted by molar-refractivity contribution is 9.10. The zero-order valence-corrected chi connectivity index (χ0v) is 13.4. The molecule has 104 valence electrons. The Morgan fingerprint density at radius 3 is 2.61 bits per heavy atom. The van der Waals surface area contributed by atoms with E-state index in [1.807, 2.05) is 6.92 Å². The Labute approximate surface area is 118 Å². The van der Waals surface area contributed by atoms with E-state index in [0.29, 0.717) is 12.0 Å². The van der Waals surface area contributed by atoms with Crippen molar-refractivity contribution in [2.75, 3.05) is 0 Å². The topological polar surface area (TPSA) is 55.9 Å². The fourth-order valence-electron chi connectivity index (χ4n) is 2.35. The zero-order valence-electron chi connectivity index (χ0n) is 11.8.